The van der Waals surface area contributed by atoms with Gasteiger partial charge in [0.1, 0.15) is 5.82 Å². The first-order valence-corrected chi connectivity index (χ1v) is 3.61. The van der Waals surface area contributed by atoms with Gasteiger partial charge in [-0.1, -0.05) is 0 Å². The first-order chi connectivity index (χ1) is 5.36. The number of aromatic nitrogens is 1. The minimum atomic E-state index is 0.596. The number of hydrogen-bond acceptors (Lipinski definition) is 3. The number of rotatable bonds is 0. The maximum absolute atomic E-state index is 5.53. The number of aliphatic imine (C=N–C) groups is 1. The molecule has 3 heteroatoms. The predicted octanol–water partition coefficient (Wildman–Crippen LogP) is 0.639. The highest BCUT2D eigenvalue weighted by atomic mass is 14.9. The van der Waals surface area contributed by atoms with Gasteiger partial charge in [0.05, 0.1) is 5.69 Å². The minimum Gasteiger partial charge on any atom is -0.384 e. The molecule has 0 fully saturated rings. The maximum Gasteiger partial charge on any atom is 0.123 e. The van der Waals surface area contributed by atoms with Crippen molar-refractivity contribution in [1.82, 2.24) is 4.98 Å². The Hall–Kier alpha value is -1.38. The normalized spacial score (nSPS) is 14.5. The molecular formula is C8H9N3. The van der Waals surface area contributed by atoms with E-state index in [-0.39, 0.29) is 0 Å². The fourth-order valence-corrected chi connectivity index (χ4v) is 1.18. The third kappa shape index (κ3) is 1.09. The molecule has 1 aromatic heterocycles. The van der Waals surface area contributed by atoms with Gasteiger partial charge in [-0.3, -0.25) is 4.99 Å². The average Bonchev–Trinajstić information content (AvgIpc) is 2.04. The molecule has 2 rings (SSSR count). The zero-order chi connectivity index (χ0) is 7.68. The van der Waals surface area contributed by atoms with E-state index in [0.717, 1.165) is 24.2 Å². The summed E-state index contributed by atoms with van der Waals surface area (Å²) in [4.78, 5) is 8.34. The van der Waals surface area contributed by atoms with Crippen molar-refractivity contribution in [3.8, 4) is 0 Å². The maximum atomic E-state index is 5.53. The Labute approximate surface area is 65.0 Å². The molecule has 0 saturated heterocycles. The van der Waals surface area contributed by atoms with Crippen LogP contribution in [0.4, 0.5) is 5.82 Å². The van der Waals surface area contributed by atoms with Crippen molar-refractivity contribution < 1.29 is 0 Å². The zero-order valence-electron chi connectivity index (χ0n) is 6.12. The van der Waals surface area contributed by atoms with Crippen LogP contribution in [0.2, 0.25) is 0 Å². The van der Waals surface area contributed by atoms with Gasteiger partial charge in [0.2, 0.25) is 0 Å². The molecular weight excluding hydrogens is 138 g/mol. The number of anilines is 1. The topological polar surface area (TPSA) is 51.3 Å². The van der Waals surface area contributed by atoms with Gasteiger partial charge in [-0.05, 0) is 12.1 Å². The van der Waals surface area contributed by atoms with Crippen molar-refractivity contribution in [2.45, 2.75) is 6.42 Å². The van der Waals surface area contributed by atoms with E-state index in [1.807, 2.05) is 12.3 Å². The van der Waals surface area contributed by atoms with E-state index in [1.165, 1.54) is 0 Å². The second-order valence-electron chi connectivity index (χ2n) is 2.56. The molecule has 1 aliphatic rings. The summed E-state index contributed by atoms with van der Waals surface area (Å²) in [7, 11) is 0. The Morgan fingerprint density at radius 1 is 1.36 bits per heavy atom. The van der Waals surface area contributed by atoms with Gasteiger partial charge < -0.3 is 5.73 Å². The highest BCUT2D eigenvalue weighted by molar-refractivity contribution is 5.82. The van der Waals surface area contributed by atoms with Gasteiger partial charge in [-0.2, -0.15) is 0 Å². The Morgan fingerprint density at radius 3 is 3.18 bits per heavy atom. The lowest BCUT2D eigenvalue weighted by Gasteiger charge is -2.07. The molecule has 56 valence electrons. The number of nitrogens with two attached hydrogens (primary N) is 1. The zero-order valence-corrected chi connectivity index (χ0v) is 6.12. The van der Waals surface area contributed by atoms with Crippen LogP contribution in [-0.4, -0.2) is 17.7 Å². The number of nitrogens with zero attached hydrogens (tertiary/aromatic N) is 2. The van der Waals surface area contributed by atoms with Crippen LogP contribution in [0.5, 0.6) is 0 Å². The van der Waals surface area contributed by atoms with Crippen LogP contribution in [0.1, 0.15) is 11.3 Å². The molecule has 1 aromatic rings. The SMILES string of the molecule is Nc1ccc2c(n1)CCN=C2. The van der Waals surface area contributed by atoms with Crippen molar-refractivity contribution in [3.05, 3.63) is 23.4 Å². The summed E-state index contributed by atoms with van der Waals surface area (Å²) in [6, 6.07) is 3.76. The van der Waals surface area contributed by atoms with Crippen LogP contribution in [0, 0.1) is 0 Å². The summed E-state index contributed by atoms with van der Waals surface area (Å²) in [6.07, 6.45) is 2.77. The Morgan fingerprint density at radius 2 is 2.27 bits per heavy atom. The van der Waals surface area contributed by atoms with E-state index in [2.05, 4.69) is 9.98 Å². The van der Waals surface area contributed by atoms with Crippen molar-refractivity contribution in [2.75, 3.05) is 12.3 Å². The first kappa shape index (κ1) is 6.34. The summed E-state index contributed by atoms with van der Waals surface area (Å²) in [6.45, 7) is 0.837. The quantitative estimate of drug-likeness (QED) is 0.585. The summed E-state index contributed by atoms with van der Waals surface area (Å²) in [5, 5.41) is 0. The van der Waals surface area contributed by atoms with E-state index in [4.69, 9.17) is 5.73 Å². The van der Waals surface area contributed by atoms with Gasteiger partial charge >= 0.3 is 0 Å². The number of fused-ring (bicyclic) bond motifs is 1. The van der Waals surface area contributed by atoms with E-state index in [1.54, 1.807) is 6.07 Å². The summed E-state index contributed by atoms with van der Waals surface area (Å²) < 4.78 is 0. The molecule has 11 heavy (non-hydrogen) atoms. The highest BCUT2D eigenvalue weighted by Gasteiger charge is 2.05. The van der Waals surface area contributed by atoms with Crippen molar-refractivity contribution >= 4 is 12.0 Å². The standard InChI is InChI=1S/C8H9N3/c9-8-2-1-6-5-10-4-3-7(6)11-8/h1-2,5H,3-4H2,(H2,9,11). The second-order valence-corrected chi connectivity index (χ2v) is 2.56. The monoisotopic (exact) mass is 147 g/mol. The molecule has 0 bridgehead atoms. The minimum absolute atomic E-state index is 0.596. The number of hydrogen-bond donors (Lipinski definition) is 1. The molecule has 2 N–H and O–H groups in total. The molecule has 3 nitrogen and oxygen atoms in total. The molecule has 0 aliphatic carbocycles. The van der Waals surface area contributed by atoms with E-state index >= 15 is 0 Å². The van der Waals surface area contributed by atoms with Crippen LogP contribution in [0.3, 0.4) is 0 Å². The fourth-order valence-electron chi connectivity index (χ4n) is 1.18. The van der Waals surface area contributed by atoms with Crippen molar-refractivity contribution in [2.24, 2.45) is 4.99 Å². The summed E-state index contributed by atoms with van der Waals surface area (Å²) in [5.41, 5.74) is 7.70. The van der Waals surface area contributed by atoms with Crippen LogP contribution in [-0.2, 0) is 6.42 Å². The molecule has 0 spiro atoms. The lowest BCUT2D eigenvalue weighted by molar-refractivity contribution is 0.908. The number of nitrogen functional groups attached to an aromatic ring is 1. The van der Waals surface area contributed by atoms with Gasteiger partial charge in [-0.15, -0.1) is 0 Å². The van der Waals surface area contributed by atoms with Gasteiger partial charge in [0.15, 0.2) is 0 Å². The molecule has 0 amide bonds. The Balaban J connectivity index is 2.53. The van der Waals surface area contributed by atoms with Gasteiger partial charge in [0, 0.05) is 24.7 Å². The van der Waals surface area contributed by atoms with Crippen LogP contribution in [0.15, 0.2) is 17.1 Å². The lowest BCUT2D eigenvalue weighted by Crippen LogP contribution is -2.06. The molecule has 0 atom stereocenters. The Bertz CT molecular complexity index is 304. The largest absolute Gasteiger partial charge is 0.384 e. The fraction of sp³-hybridized carbons (Fsp3) is 0.250. The van der Waals surface area contributed by atoms with Crippen molar-refractivity contribution in [1.29, 1.82) is 0 Å². The first-order valence-electron chi connectivity index (χ1n) is 3.61. The number of pyridine rings is 1. The van der Waals surface area contributed by atoms with Crippen LogP contribution < -0.4 is 5.73 Å². The highest BCUT2D eigenvalue weighted by Crippen LogP contribution is 2.10. The average molecular weight is 147 g/mol. The van der Waals surface area contributed by atoms with Crippen LogP contribution in [0.25, 0.3) is 0 Å². The van der Waals surface area contributed by atoms with E-state index in [0.29, 0.717) is 5.82 Å². The Kier molecular flexibility index (Phi) is 1.35. The molecule has 1 aliphatic heterocycles. The van der Waals surface area contributed by atoms with Crippen molar-refractivity contribution in [3.63, 3.8) is 0 Å². The van der Waals surface area contributed by atoms with E-state index in [9.17, 15) is 0 Å². The van der Waals surface area contributed by atoms with Gasteiger partial charge in [0.25, 0.3) is 0 Å². The molecule has 2 heterocycles. The van der Waals surface area contributed by atoms with E-state index < -0.39 is 0 Å². The molecule has 0 unspecified atom stereocenters. The molecule has 0 radical (unpaired) electrons. The summed E-state index contributed by atoms with van der Waals surface area (Å²) >= 11 is 0. The second kappa shape index (κ2) is 2.34. The lowest BCUT2D eigenvalue weighted by atomic mass is 10.1. The smallest absolute Gasteiger partial charge is 0.123 e. The molecule has 0 aromatic carbocycles. The predicted molar refractivity (Wildman–Crippen MR) is 44.8 cm³/mol. The third-order valence-corrected chi connectivity index (χ3v) is 1.74. The third-order valence-electron chi connectivity index (χ3n) is 1.74. The van der Waals surface area contributed by atoms with Crippen LogP contribution >= 0.6 is 0 Å². The molecule has 0 saturated carbocycles. The summed E-state index contributed by atoms with van der Waals surface area (Å²) in [5.74, 6) is 0.596. The van der Waals surface area contributed by atoms with Gasteiger partial charge in [-0.25, -0.2) is 4.98 Å².